The lowest BCUT2D eigenvalue weighted by molar-refractivity contribution is 0.221. The van der Waals surface area contributed by atoms with Gasteiger partial charge in [-0.25, -0.2) is 9.37 Å². The first kappa shape index (κ1) is 19.5. The number of nitrogens with zero attached hydrogens (tertiary/aromatic N) is 4. The average molecular weight is 416 g/mol. The van der Waals surface area contributed by atoms with Gasteiger partial charge >= 0.3 is 0 Å². The van der Waals surface area contributed by atoms with Crippen molar-refractivity contribution in [2.24, 2.45) is 0 Å². The average Bonchev–Trinajstić information content (AvgIpc) is 3.18. The van der Waals surface area contributed by atoms with Crippen LogP contribution in [0.1, 0.15) is 25.8 Å². The molecule has 2 aliphatic heterocycles. The quantitative estimate of drug-likeness (QED) is 0.610. The van der Waals surface area contributed by atoms with E-state index in [9.17, 15) is 4.39 Å². The third-order valence-electron chi connectivity index (χ3n) is 6.06. The topological polar surface area (TPSA) is 44.3 Å². The zero-order valence-corrected chi connectivity index (χ0v) is 17.8. The Morgan fingerprint density at radius 3 is 2.74 bits per heavy atom. The van der Waals surface area contributed by atoms with E-state index in [-0.39, 0.29) is 0 Å². The summed E-state index contributed by atoms with van der Waals surface area (Å²) in [5.41, 5.74) is 3.03. The summed E-state index contributed by atoms with van der Waals surface area (Å²) in [6.45, 7) is 9.44. The van der Waals surface area contributed by atoms with Crippen LogP contribution in [0.2, 0.25) is 0 Å². The number of hydrogen-bond donors (Lipinski definition) is 1. The summed E-state index contributed by atoms with van der Waals surface area (Å²) < 4.78 is 14.5. The molecule has 6 heteroatoms. The first-order valence-corrected chi connectivity index (χ1v) is 10.6. The van der Waals surface area contributed by atoms with Crippen molar-refractivity contribution < 1.29 is 4.39 Å². The number of alkyl halides is 1. The molecule has 5 rings (SSSR count). The molecule has 4 heterocycles. The van der Waals surface area contributed by atoms with E-state index >= 15 is 0 Å². The minimum atomic E-state index is -1.40. The van der Waals surface area contributed by atoms with Crippen LogP contribution in [0.15, 0.2) is 73.3 Å². The number of pyridine rings is 2. The van der Waals surface area contributed by atoms with Gasteiger partial charge in [-0.1, -0.05) is 24.8 Å². The Bertz CT molecular complexity index is 1120. The fourth-order valence-corrected chi connectivity index (χ4v) is 4.43. The van der Waals surface area contributed by atoms with Crippen molar-refractivity contribution in [3.8, 4) is 11.3 Å². The van der Waals surface area contributed by atoms with Gasteiger partial charge < -0.3 is 15.1 Å². The monoisotopic (exact) mass is 415 g/mol. The van der Waals surface area contributed by atoms with Crippen molar-refractivity contribution in [1.82, 2.24) is 9.97 Å². The molecular formula is C25H26FN5. The molecule has 0 aliphatic carbocycles. The second-order valence-electron chi connectivity index (χ2n) is 8.66. The van der Waals surface area contributed by atoms with Crippen LogP contribution in [-0.2, 0) is 5.67 Å². The molecule has 2 aliphatic rings. The van der Waals surface area contributed by atoms with E-state index in [0.29, 0.717) is 11.6 Å². The predicted molar refractivity (Wildman–Crippen MR) is 124 cm³/mol. The van der Waals surface area contributed by atoms with Gasteiger partial charge in [-0.3, -0.25) is 4.98 Å². The molecule has 1 saturated heterocycles. The molecule has 2 bridgehead atoms. The smallest absolute Gasteiger partial charge is 0.158 e. The maximum absolute atomic E-state index is 14.5. The molecule has 0 spiro atoms. The first-order chi connectivity index (χ1) is 14.9. The largest absolute Gasteiger partial charge is 0.366 e. The molecule has 0 saturated carbocycles. The molecule has 3 aromatic rings. The molecule has 5 nitrogen and oxygen atoms in total. The van der Waals surface area contributed by atoms with Crippen molar-refractivity contribution in [2.75, 3.05) is 28.2 Å². The minimum Gasteiger partial charge on any atom is -0.366 e. The van der Waals surface area contributed by atoms with Crippen molar-refractivity contribution >= 4 is 17.2 Å². The van der Waals surface area contributed by atoms with Crippen molar-refractivity contribution in [3.05, 3.63) is 78.9 Å². The number of hydrogen-bond acceptors (Lipinski definition) is 5. The normalized spacial score (nSPS) is 17.5. The molecule has 1 atom stereocenters. The van der Waals surface area contributed by atoms with Crippen LogP contribution >= 0.6 is 0 Å². The number of halogens is 1. The van der Waals surface area contributed by atoms with Gasteiger partial charge in [-0.2, -0.15) is 0 Å². The Morgan fingerprint density at radius 1 is 1.16 bits per heavy atom. The number of anilines is 3. The highest BCUT2D eigenvalue weighted by atomic mass is 19.1. The first-order valence-electron chi connectivity index (χ1n) is 10.6. The third-order valence-corrected chi connectivity index (χ3v) is 6.06. The number of aromatic nitrogens is 2. The number of fused-ring (bicyclic) bond motifs is 4. The molecule has 1 N–H and O–H groups in total. The lowest BCUT2D eigenvalue weighted by atomic mass is 9.97. The standard InChI is InChI=1S/C25H26FN5/c1-17(28-20-9-12-27-13-10-20)31-21-11-14-30(16-21)23-8-7-22(29-24(23)31)18-5-4-6-19(15-18)25(2,3)26/h4-10,12-13,15,21H,1,11,14,16H2,2-3H3,(H,27,28)/t21-/m1/s1. The fraction of sp³-hybridized carbons (Fsp3) is 0.280. The Labute approximate surface area is 182 Å². The second-order valence-corrected chi connectivity index (χ2v) is 8.66. The van der Waals surface area contributed by atoms with Gasteiger partial charge in [0, 0.05) is 36.7 Å². The van der Waals surface area contributed by atoms with E-state index in [1.807, 2.05) is 42.5 Å². The highest BCUT2D eigenvalue weighted by molar-refractivity contribution is 5.78. The summed E-state index contributed by atoms with van der Waals surface area (Å²) in [5.74, 6) is 1.69. The molecule has 0 radical (unpaired) electrons. The van der Waals surface area contributed by atoms with E-state index in [1.165, 1.54) is 0 Å². The third kappa shape index (κ3) is 3.63. The van der Waals surface area contributed by atoms with Gasteiger partial charge in [0.05, 0.1) is 17.4 Å². The zero-order valence-electron chi connectivity index (χ0n) is 17.8. The van der Waals surface area contributed by atoms with Gasteiger partial charge in [0.1, 0.15) is 11.5 Å². The second kappa shape index (κ2) is 7.38. The highest BCUT2D eigenvalue weighted by Crippen LogP contribution is 2.42. The Hall–Kier alpha value is -3.41. The molecular weight excluding hydrogens is 389 g/mol. The van der Waals surface area contributed by atoms with E-state index < -0.39 is 5.67 Å². The summed E-state index contributed by atoms with van der Waals surface area (Å²) in [7, 11) is 0. The Kier molecular flexibility index (Phi) is 4.65. The van der Waals surface area contributed by atoms with Gasteiger partial charge in [-0.15, -0.1) is 0 Å². The Balaban J connectivity index is 1.54. The molecule has 2 aromatic heterocycles. The van der Waals surface area contributed by atoms with Crippen LogP contribution in [0.25, 0.3) is 11.3 Å². The van der Waals surface area contributed by atoms with Gasteiger partial charge in [0.15, 0.2) is 5.82 Å². The van der Waals surface area contributed by atoms with Crippen molar-refractivity contribution in [3.63, 3.8) is 0 Å². The van der Waals surface area contributed by atoms with Crippen LogP contribution in [0.3, 0.4) is 0 Å². The molecule has 1 aromatic carbocycles. The Morgan fingerprint density at radius 2 is 1.97 bits per heavy atom. The van der Waals surface area contributed by atoms with Crippen molar-refractivity contribution in [1.29, 1.82) is 0 Å². The lowest BCUT2D eigenvalue weighted by Gasteiger charge is -2.38. The summed E-state index contributed by atoms with van der Waals surface area (Å²) >= 11 is 0. The van der Waals surface area contributed by atoms with Gasteiger partial charge in [0.2, 0.25) is 0 Å². The fourth-order valence-electron chi connectivity index (χ4n) is 4.43. The van der Waals surface area contributed by atoms with Crippen LogP contribution in [-0.4, -0.2) is 29.1 Å². The minimum absolute atomic E-state index is 0.313. The number of benzene rings is 1. The van der Waals surface area contributed by atoms with Crippen LogP contribution in [0.5, 0.6) is 0 Å². The predicted octanol–water partition coefficient (Wildman–Crippen LogP) is 5.33. The maximum atomic E-state index is 14.5. The summed E-state index contributed by atoms with van der Waals surface area (Å²) in [6.07, 6.45) is 4.56. The molecule has 0 amide bonds. The number of rotatable bonds is 5. The van der Waals surface area contributed by atoms with Gasteiger partial charge in [-0.05, 0) is 56.2 Å². The van der Waals surface area contributed by atoms with E-state index in [2.05, 4.69) is 32.7 Å². The lowest BCUT2D eigenvalue weighted by Crippen LogP contribution is -2.43. The summed E-state index contributed by atoms with van der Waals surface area (Å²) in [6, 6.07) is 15.9. The van der Waals surface area contributed by atoms with Crippen LogP contribution < -0.4 is 15.1 Å². The van der Waals surface area contributed by atoms with Crippen molar-refractivity contribution in [2.45, 2.75) is 32.0 Å². The molecule has 0 unspecified atom stereocenters. The molecule has 158 valence electrons. The maximum Gasteiger partial charge on any atom is 0.158 e. The summed E-state index contributed by atoms with van der Waals surface area (Å²) in [5, 5.41) is 3.41. The SMILES string of the molecule is C=C(Nc1ccncc1)N1c2nc(-c3cccc(C(C)(C)F)c3)ccc2N2CC[C@@H]1C2. The molecule has 31 heavy (non-hydrogen) atoms. The van der Waals surface area contributed by atoms with Crippen LogP contribution in [0, 0.1) is 0 Å². The van der Waals surface area contributed by atoms with E-state index in [1.54, 1.807) is 26.2 Å². The number of nitrogens with one attached hydrogen (secondary N) is 1. The van der Waals surface area contributed by atoms with E-state index in [4.69, 9.17) is 4.98 Å². The summed E-state index contributed by atoms with van der Waals surface area (Å²) in [4.78, 5) is 13.7. The van der Waals surface area contributed by atoms with E-state index in [0.717, 1.165) is 53.8 Å². The zero-order chi connectivity index (χ0) is 21.6. The molecule has 1 fully saturated rings. The van der Waals surface area contributed by atoms with Crippen LogP contribution in [0.4, 0.5) is 21.6 Å². The van der Waals surface area contributed by atoms with Gasteiger partial charge in [0.25, 0.3) is 0 Å². The highest BCUT2D eigenvalue weighted by Gasteiger charge is 2.38.